The van der Waals surface area contributed by atoms with Crippen LogP contribution in [0.5, 0.6) is 0 Å². The fourth-order valence-electron chi connectivity index (χ4n) is 3.60. The summed E-state index contributed by atoms with van der Waals surface area (Å²) in [5, 5.41) is 7.19. The minimum absolute atomic E-state index is 0.00862. The molecule has 5 nitrogen and oxygen atoms in total. The van der Waals surface area contributed by atoms with Gasteiger partial charge in [0.1, 0.15) is 5.82 Å². The van der Waals surface area contributed by atoms with Gasteiger partial charge in [0.2, 0.25) is 0 Å². The average molecular weight is 384 g/mol. The van der Waals surface area contributed by atoms with Crippen LogP contribution >= 0.6 is 0 Å². The number of halogens is 2. The van der Waals surface area contributed by atoms with Gasteiger partial charge in [-0.25, -0.2) is 13.8 Å². The van der Waals surface area contributed by atoms with Crippen LogP contribution in [0, 0.1) is 18.6 Å². The van der Waals surface area contributed by atoms with Crippen molar-refractivity contribution in [1.29, 1.82) is 0 Å². The van der Waals surface area contributed by atoms with Crippen LogP contribution in [0.3, 0.4) is 0 Å². The molecule has 1 aromatic heterocycles. The second kappa shape index (κ2) is 8.16. The molecular formula is C21H22F2N4O. The molecule has 3 aromatic rings. The Morgan fingerprint density at radius 3 is 2.64 bits per heavy atom. The molecule has 146 valence electrons. The molecule has 0 amide bonds. The van der Waals surface area contributed by atoms with Gasteiger partial charge in [-0.2, -0.15) is 5.10 Å². The van der Waals surface area contributed by atoms with Crippen LogP contribution in [-0.4, -0.2) is 32.7 Å². The first kappa shape index (κ1) is 18.7. The third-order valence-corrected chi connectivity index (χ3v) is 4.98. The smallest absolute Gasteiger partial charge is 0.167 e. The molecule has 0 bridgehead atoms. The molecule has 0 radical (unpaired) electrons. The van der Waals surface area contributed by atoms with Crippen molar-refractivity contribution in [2.24, 2.45) is 0 Å². The van der Waals surface area contributed by atoms with E-state index in [1.165, 1.54) is 6.07 Å². The molecule has 1 saturated heterocycles. The Kier molecular flexibility index (Phi) is 5.45. The highest BCUT2D eigenvalue weighted by atomic mass is 19.2. The maximum Gasteiger partial charge on any atom is 0.167 e. The van der Waals surface area contributed by atoms with Gasteiger partial charge in [0.15, 0.2) is 17.5 Å². The molecule has 0 spiro atoms. The molecule has 2 atom stereocenters. The van der Waals surface area contributed by atoms with Gasteiger partial charge in [0.05, 0.1) is 18.8 Å². The van der Waals surface area contributed by atoms with Crippen molar-refractivity contribution >= 4 is 0 Å². The monoisotopic (exact) mass is 384 g/mol. The third kappa shape index (κ3) is 4.26. The summed E-state index contributed by atoms with van der Waals surface area (Å²) in [6.07, 6.45) is 0.752. The van der Waals surface area contributed by atoms with E-state index in [1.807, 2.05) is 37.3 Å². The number of hydrogen-bond acceptors (Lipinski definition) is 4. The van der Waals surface area contributed by atoms with E-state index in [2.05, 4.69) is 20.1 Å². The van der Waals surface area contributed by atoms with Gasteiger partial charge in [0, 0.05) is 13.1 Å². The lowest BCUT2D eigenvalue weighted by Gasteiger charge is -2.22. The van der Waals surface area contributed by atoms with Crippen LogP contribution < -0.4 is 0 Å². The van der Waals surface area contributed by atoms with E-state index in [9.17, 15) is 8.78 Å². The summed E-state index contributed by atoms with van der Waals surface area (Å²) in [7, 11) is 0. The first-order valence-corrected chi connectivity index (χ1v) is 9.31. The Balaban J connectivity index is 1.49. The molecule has 2 heterocycles. The summed E-state index contributed by atoms with van der Waals surface area (Å²) in [6.45, 7) is 3.53. The van der Waals surface area contributed by atoms with Crippen molar-refractivity contribution in [2.75, 3.05) is 6.54 Å². The predicted octanol–water partition coefficient (Wildman–Crippen LogP) is 3.92. The summed E-state index contributed by atoms with van der Waals surface area (Å²) in [5.74, 6) is -0.225. The number of aromatic amines is 1. The zero-order chi connectivity index (χ0) is 19.5. The zero-order valence-corrected chi connectivity index (χ0v) is 15.6. The number of aromatic nitrogens is 3. The molecule has 7 heteroatoms. The lowest BCUT2D eigenvalue weighted by molar-refractivity contribution is 0.0461. The van der Waals surface area contributed by atoms with Gasteiger partial charge in [-0.1, -0.05) is 36.4 Å². The van der Waals surface area contributed by atoms with E-state index < -0.39 is 11.6 Å². The Bertz CT molecular complexity index is 931. The van der Waals surface area contributed by atoms with E-state index >= 15 is 0 Å². The Morgan fingerprint density at radius 1 is 1.11 bits per heavy atom. The van der Waals surface area contributed by atoms with Crippen molar-refractivity contribution in [3.05, 3.63) is 82.9 Å². The highest BCUT2D eigenvalue weighted by Gasteiger charge is 2.36. The standard InChI is InChI=1S/C21H22F2N4O/c1-14-24-21(26-25-14)20-10-17(28-13-15-5-3-2-4-6-15)12-27(20)11-16-7-8-18(22)19(23)9-16/h2-9,17,20H,10-13H2,1H3,(H,24,25,26)/t17-,20-/m0/s1. The number of nitrogens with zero attached hydrogens (tertiary/aromatic N) is 3. The van der Waals surface area contributed by atoms with Crippen molar-refractivity contribution in [1.82, 2.24) is 20.1 Å². The van der Waals surface area contributed by atoms with Gasteiger partial charge in [-0.3, -0.25) is 10.00 Å². The molecule has 0 aliphatic carbocycles. The van der Waals surface area contributed by atoms with Gasteiger partial charge >= 0.3 is 0 Å². The number of benzene rings is 2. The fraction of sp³-hybridized carbons (Fsp3) is 0.333. The van der Waals surface area contributed by atoms with Gasteiger partial charge in [-0.05, 0) is 36.6 Å². The fourth-order valence-corrected chi connectivity index (χ4v) is 3.60. The quantitative estimate of drug-likeness (QED) is 0.700. The molecule has 1 N–H and O–H groups in total. The SMILES string of the molecule is Cc1nc([C@@H]2C[C@H](OCc3ccccc3)CN2Cc2ccc(F)c(F)c2)n[nH]1. The van der Waals surface area contributed by atoms with Crippen LogP contribution in [-0.2, 0) is 17.9 Å². The lowest BCUT2D eigenvalue weighted by atomic mass is 10.1. The number of H-pyrrole nitrogens is 1. The maximum absolute atomic E-state index is 13.6. The van der Waals surface area contributed by atoms with E-state index in [1.54, 1.807) is 6.07 Å². The highest BCUT2D eigenvalue weighted by molar-refractivity contribution is 5.19. The Labute approximate surface area is 162 Å². The zero-order valence-electron chi connectivity index (χ0n) is 15.6. The van der Waals surface area contributed by atoms with E-state index in [4.69, 9.17) is 4.74 Å². The van der Waals surface area contributed by atoms with Crippen LogP contribution in [0.15, 0.2) is 48.5 Å². The summed E-state index contributed by atoms with van der Waals surface area (Å²) >= 11 is 0. The van der Waals surface area contributed by atoms with Gasteiger partial charge < -0.3 is 4.74 Å². The minimum Gasteiger partial charge on any atom is -0.372 e. The molecule has 1 aliphatic rings. The van der Waals surface area contributed by atoms with E-state index in [0.717, 1.165) is 23.9 Å². The van der Waals surface area contributed by atoms with Crippen molar-refractivity contribution in [2.45, 2.75) is 38.6 Å². The molecule has 0 unspecified atom stereocenters. The van der Waals surface area contributed by atoms with Crippen molar-refractivity contribution < 1.29 is 13.5 Å². The highest BCUT2D eigenvalue weighted by Crippen LogP contribution is 2.33. The number of hydrogen-bond donors (Lipinski definition) is 1. The van der Waals surface area contributed by atoms with Crippen LogP contribution in [0.1, 0.15) is 35.2 Å². The van der Waals surface area contributed by atoms with Gasteiger partial charge in [0.25, 0.3) is 0 Å². The molecule has 4 rings (SSSR count). The topological polar surface area (TPSA) is 54.0 Å². The minimum atomic E-state index is -0.838. The first-order valence-electron chi connectivity index (χ1n) is 9.31. The Hall–Kier alpha value is -2.64. The summed E-state index contributed by atoms with van der Waals surface area (Å²) in [6, 6.07) is 14.0. The van der Waals surface area contributed by atoms with Crippen molar-refractivity contribution in [3.8, 4) is 0 Å². The summed E-state index contributed by atoms with van der Waals surface area (Å²) in [4.78, 5) is 6.63. The predicted molar refractivity (Wildman–Crippen MR) is 100 cm³/mol. The third-order valence-electron chi connectivity index (χ3n) is 4.98. The van der Waals surface area contributed by atoms with Crippen molar-refractivity contribution in [3.63, 3.8) is 0 Å². The molecule has 2 aromatic carbocycles. The molecule has 1 aliphatic heterocycles. The second-order valence-corrected chi connectivity index (χ2v) is 7.13. The molecule has 0 saturated carbocycles. The molecule has 1 fully saturated rings. The number of rotatable bonds is 6. The second-order valence-electron chi connectivity index (χ2n) is 7.13. The average Bonchev–Trinajstić information content (AvgIpc) is 3.30. The molecule has 28 heavy (non-hydrogen) atoms. The van der Waals surface area contributed by atoms with Crippen LogP contribution in [0.4, 0.5) is 8.78 Å². The summed E-state index contributed by atoms with van der Waals surface area (Å²) < 4.78 is 33.0. The van der Waals surface area contributed by atoms with Crippen LogP contribution in [0.25, 0.3) is 0 Å². The maximum atomic E-state index is 13.6. The lowest BCUT2D eigenvalue weighted by Crippen LogP contribution is -2.25. The Morgan fingerprint density at radius 2 is 1.93 bits per heavy atom. The number of aryl methyl sites for hydroxylation is 1. The van der Waals surface area contributed by atoms with Crippen LogP contribution in [0.2, 0.25) is 0 Å². The number of ether oxygens (including phenoxy) is 1. The first-order chi connectivity index (χ1) is 13.6. The summed E-state index contributed by atoms with van der Waals surface area (Å²) in [5.41, 5.74) is 1.83. The normalized spacial score (nSPS) is 20.0. The largest absolute Gasteiger partial charge is 0.372 e. The molecular weight excluding hydrogens is 362 g/mol. The van der Waals surface area contributed by atoms with Gasteiger partial charge in [-0.15, -0.1) is 0 Å². The number of nitrogens with one attached hydrogen (secondary N) is 1. The van der Waals surface area contributed by atoms with E-state index in [0.29, 0.717) is 31.1 Å². The number of likely N-dealkylation sites (tertiary alicyclic amines) is 1. The van der Waals surface area contributed by atoms with E-state index in [-0.39, 0.29) is 12.1 Å².